The van der Waals surface area contributed by atoms with Crippen molar-refractivity contribution in [3.05, 3.63) is 96.2 Å². The number of fused-ring (bicyclic) bond motifs is 1. The maximum Gasteiger partial charge on any atom is 0.323 e. The number of nitrogens with one attached hydrogen (secondary N) is 5. The molecule has 5 N–H and O–H groups in total. The molecule has 1 aliphatic heterocycles. The van der Waals surface area contributed by atoms with Gasteiger partial charge in [0.25, 0.3) is 5.91 Å². The first-order chi connectivity index (χ1) is 28.6. The highest BCUT2D eigenvalue weighted by atomic mass is 32.2. The summed E-state index contributed by atoms with van der Waals surface area (Å²) in [6.07, 6.45) is 7.17. The average Bonchev–Trinajstić information content (AvgIpc) is 3.20. The van der Waals surface area contributed by atoms with E-state index < -0.39 is 16.1 Å². The molecule has 0 saturated carbocycles. The lowest BCUT2D eigenvalue weighted by atomic mass is 9.86. The summed E-state index contributed by atoms with van der Waals surface area (Å²) in [7, 11) is 1.47. The molecule has 1 fully saturated rings. The number of nitrogens with zero attached hydrogens (tertiary/aromatic N) is 2. The standard InChI is InChI=1S/C45H55N7O7S/c1-45(2,3)30-25-37(42(58-6)38(26-30)51-60(7,55)56)50-44(54)49-36-16-17-39(34-13-9-8-12-33(34)36)59-32-18-22-46-41(28-32)48-31-14-15-35(40(27-31)57-5)43(53)47-21-10-11-29-19-23-52(4)24-20-29/h8-9,12-18,22,25-29,51H,10-11,19-21,23-24H2,1-7H3,(H,46,48)(H,47,53)(H2,49,50,54). The van der Waals surface area contributed by atoms with Crippen molar-refractivity contribution < 1.29 is 32.2 Å². The SMILES string of the molecule is COc1cc(Nc2cc(Oc3ccc(NC(=O)Nc4cc(C(C)(C)C)cc(NS(C)(=O)=O)c4OC)c4ccccc34)ccn2)ccc1C(=O)NCCCC1CCN(C)CC1. The van der Waals surface area contributed by atoms with Gasteiger partial charge in [0.05, 0.1) is 43.1 Å². The van der Waals surface area contributed by atoms with Crippen LogP contribution in [-0.2, 0) is 15.4 Å². The topological polar surface area (TPSA) is 172 Å². The van der Waals surface area contributed by atoms with Gasteiger partial charge in [-0.15, -0.1) is 0 Å². The van der Waals surface area contributed by atoms with Gasteiger partial charge in [0, 0.05) is 41.3 Å². The fourth-order valence-corrected chi connectivity index (χ4v) is 7.76. The summed E-state index contributed by atoms with van der Waals surface area (Å²) in [5.74, 6) is 2.75. The van der Waals surface area contributed by atoms with Gasteiger partial charge >= 0.3 is 6.03 Å². The number of benzene rings is 4. The third kappa shape index (κ3) is 11.4. The van der Waals surface area contributed by atoms with Crippen molar-refractivity contribution in [2.45, 2.75) is 51.9 Å². The number of hydrogen-bond donors (Lipinski definition) is 5. The van der Waals surface area contributed by atoms with Crippen LogP contribution in [0.5, 0.6) is 23.0 Å². The first kappa shape index (κ1) is 43.5. The Morgan fingerprint density at radius 3 is 2.27 bits per heavy atom. The Labute approximate surface area is 352 Å². The minimum absolute atomic E-state index is 0.172. The van der Waals surface area contributed by atoms with Crippen LogP contribution >= 0.6 is 0 Å². The van der Waals surface area contributed by atoms with E-state index in [0.29, 0.717) is 52.2 Å². The molecule has 0 unspecified atom stereocenters. The lowest BCUT2D eigenvalue weighted by Crippen LogP contribution is -2.31. The molecule has 5 aromatic rings. The zero-order chi connectivity index (χ0) is 43.0. The molecule has 1 aromatic heterocycles. The Morgan fingerprint density at radius 1 is 0.850 bits per heavy atom. The maximum atomic E-state index is 13.5. The Bertz CT molecular complexity index is 2450. The molecule has 60 heavy (non-hydrogen) atoms. The number of aromatic nitrogens is 1. The minimum Gasteiger partial charge on any atom is -0.496 e. The number of likely N-dealkylation sites (tertiary alicyclic amines) is 1. The van der Waals surface area contributed by atoms with E-state index in [-0.39, 0.29) is 22.8 Å². The number of ether oxygens (including phenoxy) is 3. The van der Waals surface area contributed by atoms with Crippen LogP contribution in [0.1, 0.15) is 62.4 Å². The number of hydrogen-bond acceptors (Lipinski definition) is 10. The maximum absolute atomic E-state index is 13.5. The van der Waals surface area contributed by atoms with Crippen LogP contribution in [0.2, 0.25) is 0 Å². The Balaban J connectivity index is 1.12. The molecule has 0 bridgehead atoms. The van der Waals surface area contributed by atoms with Gasteiger partial charge in [0.2, 0.25) is 10.0 Å². The van der Waals surface area contributed by atoms with Crippen LogP contribution in [0.4, 0.5) is 33.4 Å². The number of pyridine rings is 1. The summed E-state index contributed by atoms with van der Waals surface area (Å²) in [5, 5.41) is 13.6. The largest absolute Gasteiger partial charge is 0.496 e. The average molecular weight is 838 g/mol. The van der Waals surface area contributed by atoms with Crippen molar-refractivity contribution >= 4 is 61.3 Å². The van der Waals surface area contributed by atoms with Crippen LogP contribution in [0, 0.1) is 5.92 Å². The predicted octanol–water partition coefficient (Wildman–Crippen LogP) is 8.95. The Morgan fingerprint density at radius 2 is 1.57 bits per heavy atom. The summed E-state index contributed by atoms with van der Waals surface area (Å²) in [6.45, 7) is 8.85. The molecule has 15 heteroatoms. The predicted molar refractivity (Wildman–Crippen MR) is 239 cm³/mol. The summed E-state index contributed by atoms with van der Waals surface area (Å²) < 4.78 is 44.4. The number of anilines is 5. The molecule has 2 heterocycles. The van der Waals surface area contributed by atoms with Crippen molar-refractivity contribution in [1.29, 1.82) is 0 Å². The second-order valence-corrected chi connectivity index (χ2v) is 17.9. The fraction of sp³-hybridized carbons (Fsp3) is 0.356. The van der Waals surface area contributed by atoms with Crippen molar-refractivity contribution in [2.75, 3.05) is 67.8 Å². The molecule has 0 radical (unpaired) electrons. The molecule has 4 aromatic carbocycles. The van der Waals surface area contributed by atoms with Gasteiger partial charge in [-0.25, -0.2) is 18.2 Å². The first-order valence-corrected chi connectivity index (χ1v) is 21.8. The zero-order valence-electron chi connectivity index (χ0n) is 35.3. The lowest BCUT2D eigenvalue weighted by molar-refractivity contribution is 0.0948. The molecule has 14 nitrogen and oxygen atoms in total. The van der Waals surface area contributed by atoms with Crippen LogP contribution < -0.4 is 40.2 Å². The highest BCUT2D eigenvalue weighted by Crippen LogP contribution is 2.40. The first-order valence-electron chi connectivity index (χ1n) is 20.0. The molecule has 1 aliphatic rings. The zero-order valence-corrected chi connectivity index (χ0v) is 36.1. The Hall–Kier alpha value is -6.06. The summed E-state index contributed by atoms with van der Waals surface area (Å²) in [5.41, 5.74) is 2.59. The van der Waals surface area contributed by atoms with Crippen molar-refractivity contribution in [3.8, 4) is 23.0 Å². The molecular weight excluding hydrogens is 783 g/mol. The smallest absolute Gasteiger partial charge is 0.323 e. The quantitative estimate of drug-likeness (QED) is 0.0641. The number of urea groups is 1. The van der Waals surface area contributed by atoms with Gasteiger partial charge in [-0.3, -0.25) is 9.52 Å². The number of sulfonamides is 1. The molecule has 318 valence electrons. The van der Waals surface area contributed by atoms with Crippen LogP contribution in [-0.4, -0.2) is 77.4 Å². The third-order valence-corrected chi connectivity index (χ3v) is 11.0. The van der Waals surface area contributed by atoms with E-state index in [1.165, 1.54) is 20.0 Å². The normalized spacial score (nSPS) is 13.7. The number of carbonyl (C=O) groups is 2. The second-order valence-electron chi connectivity index (χ2n) is 16.1. The van der Waals surface area contributed by atoms with Crippen LogP contribution in [0.3, 0.4) is 0 Å². The number of methoxy groups -OCH3 is 2. The van der Waals surface area contributed by atoms with Gasteiger partial charge in [-0.2, -0.15) is 0 Å². The molecule has 1 saturated heterocycles. The highest BCUT2D eigenvalue weighted by Gasteiger charge is 2.23. The number of piperidine rings is 1. The molecular formula is C45H55N7O7S. The van der Waals surface area contributed by atoms with Gasteiger partial charge in [-0.05, 0) is 105 Å². The van der Waals surface area contributed by atoms with E-state index in [0.717, 1.165) is 54.4 Å². The van der Waals surface area contributed by atoms with E-state index in [2.05, 4.69) is 42.9 Å². The molecule has 0 atom stereocenters. The number of rotatable bonds is 15. The number of amides is 3. The van der Waals surface area contributed by atoms with Crippen molar-refractivity contribution in [3.63, 3.8) is 0 Å². The fourth-order valence-electron chi connectivity index (χ4n) is 7.21. The van der Waals surface area contributed by atoms with Crippen LogP contribution in [0.25, 0.3) is 10.8 Å². The molecule has 0 aliphatic carbocycles. The van der Waals surface area contributed by atoms with E-state index in [1.54, 1.807) is 61.8 Å². The molecule has 3 amide bonds. The third-order valence-electron chi connectivity index (χ3n) is 10.4. The summed E-state index contributed by atoms with van der Waals surface area (Å²) in [6, 6.07) is 22.8. The monoisotopic (exact) mass is 837 g/mol. The van der Waals surface area contributed by atoms with E-state index in [1.807, 2.05) is 51.1 Å². The lowest BCUT2D eigenvalue weighted by Gasteiger charge is -2.28. The van der Waals surface area contributed by atoms with Gasteiger partial charge in [-0.1, -0.05) is 45.0 Å². The highest BCUT2D eigenvalue weighted by molar-refractivity contribution is 7.92. The van der Waals surface area contributed by atoms with E-state index >= 15 is 0 Å². The van der Waals surface area contributed by atoms with Gasteiger partial charge in [0.1, 0.15) is 23.1 Å². The van der Waals surface area contributed by atoms with Gasteiger partial charge in [0.15, 0.2) is 5.75 Å². The van der Waals surface area contributed by atoms with Crippen LogP contribution in [0.15, 0.2) is 85.1 Å². The van der Waals surface area contributed by atoms with Gasteiger partial charge < -0.3 is 40.4 Å². The van der Waals surface area contributed by atoms with Crippen molar-refractivity contribution in [1.82, 2.24) is 15.2 Å². The van der Waals surface area contributed by atoms with E-state index in [9.17, 15) is 18.0 Å². The summed E-state index contributed by atoms with van der Waals surface area (Å²) >= 11 is 0. The number of carbonyl (C=O) groups excluding carboxylic acids is 2. The molecule has 6 rings (SSSR count). The van der Waals surface area contributed by atoms with E-state index in [4.69, 9.17) is 14.2 Å². The molecule has 0 spiro atoms. The Kier molecular flexibility index (Phi) is 13.7. The summed E-state index contributed by atoms with van der Waals surface area (Å²) in [4.78, 5) is 33.4. The second kappa shape index (κ2) is 18.9. The van der Waals surface area contributed by atoms with Crippen molar-refractivity contribution in [2.24, 2.45) is 5.92 Å². The minimum atomic E-state index is -3.64.